The standard InChI is InChI=1S/C10H23O4P/c1-4-7-10-14-15(11,12-8-5-2)13-9-6-3/h4-10H2,1-3H3. The van der Waals surface area contributed by atoms with Crippen LogP contribution in [-0.4, -0.2) is 19.8 Å². The molecule has 4 nitrogen and oxygen atoms in total. The maximum atomic E-state index is 11.9. The maximum absolute atomic E-state index is 11.9. The molecular weight excluding hydrogens is 215 g/mol. The van der Waals surface area contributed by atoms with E-state index in [0.29, 0.717) is 19.8 Å². The number of hydrogen-bond acceptors (Lipinski definition) is 4. The lowest BCUT2D eigenvalue weighted by Gasteiger charge is -2.17. The Balaban J connectivity index is 3.96. The smallest absolute Gasteiger partial charge is 0.287 e. The number of hydrogen-bond donors (Lipinski definition) is 0. The fourth-order valence-corrected chi connectivity index (χ4v) is 2.23. The van der Waals surface area contributed by atoms with Crippen LogP contribution >= 0.6 is 7.82 Å². The predicted octanol–water partition coefficient (Wildman–Crippen LogP) is 3.76. The average molecular weight is 238 g/mol. The summed E-state index contributed by atoms with van der Waals surface area (Å²) in [6, 6.07) is 0. The number of unbranched alkanes of at least 4 members (excludes halogenated alkanes) is 1. The van der Waals surface area contributed by atoms with Gasteiger partial charge in [-0.05, 0) is 19.3 Å². The summed E-state index contributed by atoms with van der Waals surface area (Å²) < 4.78 is 27.4. The molecule has 0 aromatic heterocycles. The molecule has 0 bridgehead atoms. The van der Waals surface area contributed by atoms with Crippen molar-refractivity contribution in [3.05, 3.63) is 0 Å². The number of rotatable bonds is 10. The highest BCUT2D eigenvalue weighted by atomic mass is 31.2. The maximum Gasteiger partial charge on any atom is 0.474 e. The first-order valence-electron chi connectivity index (χ1n) is 5.72. The Morgan fingerprint density at radius 1 is 0.800 bits per heavy atom. The van der Waals surface area contributed by atoms with Crippen LogP contribution in [0.4, 0.5) is 0 Å². The molecule has 0 spiro atoms. The van der Waals surface area contributed by atoms with Crippen LogP contribution in [0.15, 0.2) is 0 Å². The molecule has 0 rings (SSSR count). The second kappa shape index (κ2) is 9.34. The van der Waals surface area contributed by atoms with Crippen molar-refractivity contribution in [1.82, 2.24) is 0 Å². The summed E-state index contributed by atoms with van der Waals surface area (Å²) >= 11 is 0. The summed E-state index contributed by atoms with van der Waals surface area (Å²) in [5.74, 6) is 0. The van der Waals surface area contributed by atoms with Crippen molar-refractivity contribution in [2.24, 2.45) is 0 Å². The highest BCUT2D eigenvalue weighted by Crippen LogP contribution is 2.49. The van der Waals surface area contributed by atoms with E-state index in [1.165, 1.54) is 0 Å². The summed E-state index contributed by atoms with van der Waals surface area (Å²) in [6.07, 6.45) is 3.48. The summed E-state index contributed by atoms with van der Waals surface area (Å²) in [4.78, 5) is 0. The largest absolute Gasteiger partial charge is 0.474 e. The van der Waals surface area contributed by atoms with Gasteiger partial charge in [0, 0.05) is 0 Å². The zero-order valence-corrected chi connectivity index (χ0v) is 10.9. The molecule has 0 saturated carbocycles. The molecule has 0 aromatic rings. The van der Waals surface area contributed by atoms with E-state index in [4.69, 9.17) is 13.6 Å². The van der Waals surface area contributed by atoms with Crippen molar-refractivity contribution in [2.75, 3.05) is 19.8 Å². The number of phosphoric acid groups is 1. The molecule has 92 valence electrons. The van der Waals surface area contributed by atoms with Gasteiger partial charge in [0.15, 0.2) is 0 Å². The van der Waals surface area contributed by atoms with Crippen molar-refractivity contribution in [3.63, 3.8) is 0 Å². The fourth-order valence-electron chi connectivity index (χ4n) is 0.839. The Morgan fingerprint density at radius 3 is 1.67 bits per heavy atom. The van der Waals surface area contributed by atoms with Gasteiger partial charge in [-0.3, -0.25) is 13.6 Å². The molecule has 0 N–H and O–H groups in total. The highest BCUT2D eigenvalue weighted by Gasteiger charge is 2.25. The van der Waals surface area contributed by atoms with E-state index in [0.717, 1.165) is 25.7 Å². The molecule has 0 aliphatic carbocycles. The molecule has 0 aliphatic rings. The van der Waals surface area contributed by atoms with Gasteiger partial charge in [0.1, 0.15) is 0 Å². The molecular formula is C10H23O4P. The second-order valence-electron chi connectivity index (χ2n) is 3.30. The van der Waals surface area contributed by atoms with Crippen molar-refractivity contribution in [2.45, 2.75) is 46.5 Å². The predicted molar refractivity (Wildman–Crippen MR) is 61.0 cm³/mol. The third-order valence-corrected chi connectivity index (χ3v) is 3.15. The third kappa shape index (κ3) is 7.97. The van der Waals surface area contributed by atoms with E-state index in [-0.39, 0.29) is 0 Å². The SMILES string of the molecule is CCCCOP(=O)(OCCC)OCCC. The minimum absolute atomic E-state index is 0.410. The van der Waals surface area contributed by atoms with E-state index in [9.17, 15) is 4.57 Å². The number of phosphoric ester groups is 1. The van der Waals surface area contributed by atoms with Gasteiger partial charge >= 0.3 is 7.82 Å². The van der Waals surface area contributed by atoms with Crippen LogP contribution in [0.25, 0.3) is 0 Å². The Hall–Kier alpha value is 0.110. The summed E-state index contributed by atoms with van der Waals surface area (Å²) in [5.41, 5.74) is 0. The zero-order valence-electron chi connectivity index (χ0n) is 10.0. The van der Waals surface area contributed by atoms with E-state index in [1.807, 2.05) is 20.8 Å². The Morgan fingerprint density at radius 2 is 1.27 bits per heavy atom. The minimum Gasteiger partial charge on any atom is -0.287 e. The molecule has 0 aliphatic heterocycles. The molecule has 5 heteroatoms. The molecule has 0 amide bonds. The first kappa shape index (κ1) is 15.1. The normalized spacial score (nSPS) is 11.9. The summed E-state index contributed by atoms with van der Waals surface area (Å²) in [6.45, 7) is 7.21. The lowest BCUT2D eigenvalue weighted by molar-refractivity contribution is 0.112. The van der Waals surface area contributed by atoms with Crippen LogP contribution in [0.2, 0.25) is 0 Å². The van der Waals surface area contributed by atoms with E-state index in [2.05, 4.69) is 0 Å². The highest BCUT2D eigenvalue weighted by molar-refractivity contribution is 7.48. The Labute approximate surface area is 92.9 Å². The topological polar surface area (TPSA) is 44.8 Å². The first-order chi connectivity index (χ1) is 7.18. The lowest BCUT2D eigenvalue weighted by atomic mass is 10.4. The van der Waals surface area contributed by atoms with Crippen molar-refractivity contribution in [3.8, 4) is 0 Å². The quantitative estimate of drug-likeness (QED) is 0.429. The first-order valence-corrected chi connectivity index (χ1v) is 7.18. The van der Waals surface area contributed by atoms with E-state index >= 15 is 0 Å². The molecule has 0 saturated heterocycles. The van der Waals surface area contributed by atoms with Crippen LogP contribution in [0.3, 0.4) is 0 Å². The summed E-state index contributed by atoms with van der Waals surface area (Å²) in [7, 11) is -3.28. The van der Waals surface area contributed by atoms with Crippen molar-refractivity contribution < 1.29 is 18.1 Å². The second-order valence-corrected chi connectivity index (χ2v) is 4.97. The minimum atomic E-state index is -3.28. The molecule has 0 atom stereocenters. The van der Waals surface area contributed by atoms with Crippen molar-refractivity contribution in [1.29, 1.82) is 0 Å². The molecule has 0 aromatic carbocycles. The molecule has 0 unspecified atom stereocenters. The average Bonchev–Trinajstić information content (AvgIpc) is 2.24. The zero-order chi connectivity index (χ0) is 11.6. The van der Waals surface area contributed by atoms with Gasteiger partial charge in [-0.25, -0.2) is 4.57 Å². The fraction of sp³-hybridized carbons (Fsp3) is 1.00. The Kier molecular flexibility index (Phi) is 9.41. The molecule has 0 fully saturated rings. The van der Waals surface area contributed by atoms with Crippen LogP contribution in [0, 0.1) is 0 Å². The lowest BCUT2D eigenvalue weighted by Crippen LogP contribution is -2.03. The van der Waals surface area contributed by atoms with Gasteiger partial charge in [-0.15, -0.1) is 0 Å². The van der Waals surface area contributed by atoms with Gasteiger partial charge in [0.2, 0.25) is 0 Å². The van der Waals surface area contributed by atoms with Gasteiger partial charge in [0.05, 0.1) is 19.8 Å². The van der Waals surface area contributed by atoms with Gasteiger partial charge in [0.25, 0.3) is 0 Å². The van der Waals surface area contributed by atoms with Gasteiger partial charge < -0.3 is 0 Å². The van der Waals surface area contributed by atoms with Gasteiger partial charge in [-0.1, -0.05) is 27.2 Å². The molecule has 0 radical (unpaired) electrons. The van der Waals surface area contributed by atoms with E-state index < -0.39 is 7.82 Å². The van der Waals surface area contributed by atoms with Crippen molar-refractivity contribution >= 4 is 7.82 Å². The van der Waals surface area contributed by atoms with Gasteiger partial charge in [-0.2, -0.15) is 0 Å². The Bertz CT molecular complexity index is 172. The molecule has 15 heavy (non-hydrogen) atoms. The monoisotopic (exact) mass is 238 g/mol. The van der Waals surface area contributed by atoms with Crippen LogP contribution in [0.5, 0.6) is 0 Å². The van der Waals surface area contributed by atoms with Crippen LogP contribution < -0.4 is 0 Å². The molecule has 0 heterocycles. The van der Waals surface area contributed by atoms with E-state index in [1.54, 1.807) is 0 Å². The third-order valence-electron chi connectivity index (χ3n) is 1.65. The summed E-state index contributed by atoms with van der Waals surface area (Å²) in [5, 5.41) is 0. The van der Waals surface area contributed by atoms with Crippen LogP contribution in [0.1, 0.15) is 46.5 Å². The van der Waals surface area contributed by atoms with Crippen LogP contribution in [-0.2, 0) is 18.1 Å².